The molecule has 1 heterocycles. The molecule has 1 aromatic heterocycles. The molecule has 0 saturated heterocycles. The standard InChI is InChI=1S/C19H17F3N4O4S/c1-11-3-5-14(6-4-11)26-31(28,29)18-16(12(2)24-25-18)17(27)23-13-7-9-15(10-8-13)30-19(20,21)22/h3-10,26H,1-2H3,(H,23,27)(H,24,25). The van der Waals surface area contributed by atoms with Gasteiger partial charge in [0.25, 0.3) is 15.9 Å². The first kappa shape index (κ1) is 22.2. The zero-order valence-corrected chi connectivity index (χ0v) is 17.1. The number of carbonyl (C=O) groups is 1. The van der Waals surface area contributed by atoms with Crippen molar-refractivity contribution in [1.29, 1.82) is 0 Å². The molecule has 3 rings (SSSR count). The predicted molar refractivity (Wildman–Crippen MR) is 106 cm³/mol. The fourth-order valence-electron chi connectivity index (χ4n) is 2.63. The maximum atomic E-state index is 12.8. The summed E-state index contributed by atoms with van der Waals surface area (Å²) in [6.45, 7) is 3.31. The van der Waals surface area contributed by atoms with E-state index in [0.29, 0.717) is 0 Å². The normalized spacial score (nSPS) is 11.8. The summed E-state index contributed by atoms with van der Waals surface area (Å²) in [5, 5.41) is 8.12. The highest BCUT2D eigenvalue weighted by Gasteiger charge is 2.31. The maximum Gasteiger partial charge on any atom is 0.573 e. The second-order valence-electron chi connectivity index (χ2n) is 6.53. The fraction of sp³-hybridized carbons (Fsp3) is 0.158. The van der Waals surface area contributed by atoms with Gasteiger partial charge in [0, 0.05) is 17.1 Å². The number of nitrogens with zero attached hydrogens (tertiary/aromatic N) is 1. The first-order valence-corrected chi connectivity index (χ1v) is 10.2. The van der Waals surface area contributed by atoms with E-state index in [9.17, 15) is 26.4 Å². The lowest BCUT2D eigenvalue weighted by Gasteiger charge is -2.11. The Kier molecular flexibility index (Phi) is 5.93. The predicted octanol–water partition coefficient (Wildman–Crippen LogP) is 3.98. The van der Waals surface area contributed by atoms with Gasteiger partial charge in [-0.1, -0.05) is 17.7 Å². The Morgan fingerprint density at radius 2 is 1.58 bits per heavy atom. The molecular weight excluding hydrogens is 437 g/mol. The summed E-state index contributed by atoms with van der Waals surface area (Å²) in [6.07, 6.45) is -4.84. The van der Waals surface area contributed by atoms with Crippen molar-refractivity contribution in [3.63, 3.8) is 0 Å². The number of hydrogen-bond donors (Lipinski definition) is 3. The van der Waals surface area contributed by atoms with Crippen molar-refractivity contribution in [2.24, 2.45) is 0 Å². The van der Waals surface area contributed by atoms with Crippen LogP contribution >= 0.6 is 0 Å². The first-order chi connectivity index (χ1) is 14.4. The van der Waals surface area contributed by atoms with Crippen molar-refractivity contribution < 1.29 is 31.1 Å². The molecule has 8 nitrogen and oxygen atoms in total. The third-order valence-corrected chi connectivity index (χ3v) is 5.35. The van der Waals surface area contributed by atoms with E-state index in [1.807, 2.05) is 6.92 Å². The topological polar surface area (TPSA) is 113 Å². The summed E-state index contributed by atoms with van der Waals surface area (Å²) in [5.74, 6) is -1.27. The van der Waals surface area contributed by atoms with E-state index in [-0.39, 0.29) is 22.6 Å². The molecule has 0 atom stereocenters. The molecule has 0 saturated carbocycles. The smallest absolute Gasteiger partial charge is 0.406 e. The number of rotatable bonds is 6. The number of aromatic amines is 1. The number of H-pyrrole nitrogens is 1. The Bertz CT molecular complexity index is 1190. The van der Waals surface area contributed by atoms with Crippen molar-refractivity contribution in [3.8, 4) is 5.75 Å². The lowest BCUT2D eigenvalue weighted by Crippen LogP contribution is -2.20. The number of sulfonamides is 1. The zero-order valence-electron chi connectivity index (χ0n) is 16.2. The number of halogens is 3. The number of amides is 1. The van der Waals surface area contributed by atoms with Gasteiger partial charge in [-0.05, 0) is 50.2 Å². The largest absolute Gasteiger partial charge is 0.573 e. The molecule has 164 valence electrons. The van der Waals surface area contributed by atoms with Gasteiger partial charge in [0.15, 0.2) is 0 Å². The number of hydrogen-bond acceptors (Lipinski definition) is 5. The Balaban J connectivity index is 1.81. The minimum atomic E-state index is -4.84. The maximum absolute atomic E-state index is 12.8. The highest BCUT2D eigenvalue weighted by Crippen LogP contribution is 2.25. The van der Waals surface area contributed by atoms with Crippen molar-refractivity contribution in [3.05, 3.63) is 65.4 Å². The molecule has 3 N–H and O–H groups in total. The average Bonchev–Trinajstić information content (AvgIpc) is 3.06. The Morgan fingerprint density at radius 3 is 2.16 bits per heavy atom. The van der Waals surface area contributed by atoms with Gasteiger partial charge in [-0.2, -0.15) is 13.5 Å². The summed E-state index contributed by atoms with van der Waals surface area (Å²) in [7, 11) is -4.20. The number of alkyl halides is 3. The minimum Gasteiger partial charge on any atom is -0.406 e. The van der Waals surface area contributed by atoms with E-state index >= 15 is 0 Å². The van der Waals surface area contributed by atoms with Gasteiger partial charge < -0.3 is 10.1 Å². The average molecular weight is 454 g/mol. The van der Waals surface area contributed by atoms with Crippen molar-refractivity contribution in [2.45, 2.75) is 25.2 Å². The second-order valence-corrected chi connectivity index (χ2v) is 8.12. The van der Waals surface area contributed by atoms with Crippen molar-refractivity contribution in [1.82, 2.24) is 10.2 Å². The molecule has 0 fully saturated rings. The SMILES string of the molecule is Cc1ccc(NS(=O)(=O)c2n[nH]c(C)c2C(=O)Nc2ccc(OC(F)(F)F)cc2)cc1. The zero-order chi connectivity index (χ0) is 22.8. The summed E-state index contributed by atoms with van der Waals surface area (Å²) < 4.78 is 68.4. The highest BCUT2D eigenvalue weighted by atomic mass is 32.2. The van der Waals surface area contributed by atoms with E-state index in [1.54, 1.807) is 24.3 Å². The van der Waals surface area contributed by atoms with E-state index in [0.717, 1.165) is 17.7 Å². The fourth-order valence-corrected chi connectivity index (χ4v) is 3.85. The van der Waals surface area contributed by atoms with Crippen LogP contribution < -0.4 is 14.8 Å². The van der Waals surface area contributed by atoms with Crippen molar-refractivity contribution in [2.75, 3.05) is 10.0 Å². The summed E-state index contributed by atoms with van der Waals surface area (Å²) in [6, 6.07) is 11.0. The van der Waals surface area contributed by atoms with Gasteiger partial charge in [-0.25, -0.2) is 0 Å². The van der Waals surface area contributed by atoms with E-state index in [1.165, 1.54) is 19.1 Å². The molecule has 0 spiro atoms. The van der Waals surface area contributed by atoms with Gasteiger partial charge >= 0.3 is 6.36 Å². The molecule has 12 heteroatoms. The molecule has 1 amide bonds. The van der Waals surface area contributed by atoms with Crippen LogP contribution in [0.15, 0.2) is 53.6 Å². The number of carbonyl (C=O) groups excluding carboxylic acids is 1. The molecule has 0 unspecified atom stereocenters. The second kappa shape index (κ2) is 8.30. The number of ether oxygens (including phenoxy) is 1. The quantitative estimate of drug-likeness (QED) is 0.522. The van der Waals surface area contributed by atoms with E-state index < -0.39 is 33.1 Å². The Morgan fingerprint density at radius 1 is 1.00 bits per heavy atom. The molecule has 0 radical (unpaired) electrons. The van der Waals surface area contributed by atoms with Crippen LogP contribution in [-0.4, -0.2) is 30.9 Å². The van der Waals surface area contributed by atoms with Crippen LogP contribution in [0.5, 0.6) is 5.75 Å². The van der Waals surface area contributed by atoms with Crippen LogP contribution in [0.3, 0.4) is 0 Å². The lowest BCUT2D eigenvalue weighted by atomic mass is 10.2. The van der Waals surface area contributed by atoms with Crippen LogP contribution in [0.25, 0.3) is 0 Å². The number of aryl methyl sites for hydroxylation is 2. The van der Waals surface area contributed by atoms with Gasteiger partial charge in [0.2, 0.25) is 5.03 Å². The van der Waals surface area contributed by atoms with E-state index in [4.69, 9.17) is 0 Å². The van der Waals surface area contributed by atoms with Crippen LogP contribution in [0.4, 0.5) is 24.5 Å². The van der Waals surface area contributed by atoms with Gasteiger partial charge in [0.1, 0.15) is 11.3 Å². The molecular formula is C19H17F3N4O4S. The number of aromatic nitrogens is 2. The highest BCUT2D eigenvalue weighted by molar-refractivity contribution is 7.92. The van der Waals surface area contributed by atoms with Crippen LogP contribution in [0.1, 0.15) is 21.6 Å². The molecule has 0 aliphatic rings. The third kappa shape index (κ3) is 5.54. The number of benzene rings is 2. The van der Waals surface area contributed by atoms with Crippen LogP contribution in [-0.2, 0) is 10.0 Å². The molecule has 31 heavy (non-hydrogen) atoms. The van der Waals surface area contributed by atoms with Crippen LogP contribution in [0, 0.1) is 13.8 Å². The Labute approximate surface area is 175 Å². The van der Waals surface area contributed by atoms with E-state index in [2.05, 4.69) is 25.0 Å². The molecule has 2 aromatic carbocycles. The summed E-state index contributed by atoms with van der Waals surface area (Å²) in [4.78, 5) is 12.7. The minimum absolute atomic E-state index is 0.134. The number of anilines is 2. The van der Waals surface area contributed by atoms with Crippen LogP contribution in [0.2, 0.25) is 0 Å². The van der Waals surface area contributed by atoms with Crippen molar-refractivity contribution >= 4 is 27.3 Å². The summed E-state index contributed by atoms with van der Waals surface area (Å²) in [5.41, 5.74) is 1.33. The Hall–Kier alpha value is -3.54. The molecule has 0 bridgehead atoms. The molecule has 0 aliphatic heterocycles. The van der Waals surface area contributed by atoms with Gasteiger partial charge in [-0.15, -0.1) is 13.2 Å². The van der Waals surface area contributed by atoms with Gasteiger partial charge in [-0.3, -0.25) is 14.6 Å². The molecule has 0 aliphatic carbocycles. The monoisotopic (exact) mass is 454 g/mol. The summed E-state index contributed by atoms with van der Waals surface area (Å²) >= 11 is 0. The molecule has 3 aromatic rings. The first-order valence-electron chi connectivity index (χ1n) is 8.76. The lowest BCUT2D eigenvalue weighted by molar-refractivity contribution is -0.274. The van der Waals surface area contributed by atoms with Gasteiger partial charge in [0.05, 0.1) is 0 Å². The third-order valence-electron chi connectivity index (χ3n) is 4.05. The number of nitrogens with one attached hydrogen (secondary N) is 3.